The molecular formula is C25H43N5O2. The van der Waals surface area contributed by atoms with Crippen LogP contribution in [0.15, 0.2) is 35.3 Å². The van der Waals surface area contributed by atoms with Gasteiger partial charge in [-0.3, -0.25) is 9.89 Å². The Kier molecular flexibility index (Phi) is 9.34. The van der Waals surface area contributed by atoms with E-state index >= 15 is 0 Å². The Morgan fingerprint density at radius 1 is 1.19 bits per heavy atom. The van der Waals surface area contributed by atoms with Crippen LogP contribution in [0.4, 0.5) is 0 Å². The van der Waals surface area contributed by atoms with Crippen LogP contribution in [0.3, 0.4) is 0 Å². The summed E-state index contributed by atoms with van der Waals surface area (Å²) in [7, 11) is 0. The van der Waals surface area contributed by atoms with Crippen molar-refractivity contribution in [1.82, 2.24) is 20.9 Å². The van der Waals surface area contributed by atoms with E-state index in [0.717, 1.165) is 58.2 Å². The molecule has 0 amide bonds. The fraction of sp³-hybridized carbons (Fsp3) is 0.720. The van der Waals surface area contributed by atoms with Gasteiger partial charge < -0.3 is 25.8 Å². The zero-order chi connectivity index (χ0) is 22.9. The van der Waals surface area contributed by atoms with Crippen LogP contribution in [0.25, 0.3) is 0 Å². The van der Waals surface area contributed by atoms with Crippen LogP contribution in [0.5, 0.6) is 0 Å². The number of hydrogen-bond acceptors (Lipinski definition) is 5. The minimum Gasteiger partial charge on any atom is -0.387 e. The lowest BCUT2D eigenvalue weighted by Gasteiger charge is -2.35. The molecule has 1 aromatic carbocycles. The Labute approximate surface area is 194 Å². The van der Waals surface area contributed by atoms with Crippen molar-refractivity contribution in [2.45, 2.75) is 63.6 Å². The van der Waals surface area contributed by atoms with Crippen molar-refractivity contribution in [3.63, 3.8) is 0 Å². The molecule has 1 aliphatic carbocycles. The molecule has 0 radical (unpaired) electrons. The molecule has 7 heteroatoms. The van der Waals surface area contributed by atoms with Crippen LogP contribution in [0.1, 0.15) is 58.1 Å². The van der Waals surface area contributed by atoms with E-state index in [1.807, 2.05) is 6.92 Å². The number of aliphatic hydroxyl groups is 1. The summed E-state index contributed by atoms with van der Waals surface area (Å²) in [4.78, 5) is 6.99. The highest BCUT2D eigenvalue weighted by Gasteiger charge is 2.35. The van der Waals surface area contributed by atoms with Gasteiger partial charge in [0.1, 0.15) is 0 Å². The second-order valence-electron chi connectivity index (χ2n) is 9.70. The largest absolute Gasteiger partial charge is 0.387 e. The fourth-order valence-electron chi connectivity index (χ4n) is 4.84. The average Bonchev–Trinajstić information content (AvgIpc) is 3.25. The number of hydrogen-bond donors (Lipinski definition) is 4. The zero-order valence-electron chi connectivity index (χ0n) is 20.2. The monoisotopic (exact) mass is 445 g/mol. The molecule has 1 aromatic rings. The molecule has 2 fully saturated rings. The minimum atomic E-state index is -0.870. The minimum absolute atomic E-state index is 0.0573. The van der Waals surface area contributed by atoms with Crippen molar-refractivity contribution in [1.29, 1.82) is 0 Å². The average molecular weight is 446 g/mol. The van der Waals surface area contributed by atoms with Crippen molar-refractivity contribution >= 4 is 5.96 Å². The molecule has 32 heavy (non-hydrogen) atoms. The SMILES string of the molecule is CCNC(=NCC(C)(O)CN1CCOCC1)NCC1(NC(C)c2ccccc2)CCCC1. The van der Waals surface area contributed by atoms with Crippen LogP contribution in [0, 0.1) is 0 Å². The highest BCUT2D eigenvalue weighted by atomic mass is 16.5. The van der Waals surface area contributed by atoms with Gasteiger partial charge in [0.2, 0.25) is 0 Å². The maximum Gasteiger partial charge on any atom is 0.191 e. The quantitative estimate of drug-likeness (QED) is 0.327. The van der Waals surface area contributed by atoms with Gasteiger partial charge in [0.05, 0.1) is 25.4 Å². The van der Waals surface area contributed by atoms with E-state index < -0.39 is 5.60 Å². The molecule has 4 N–H and O–H groups in total. The summed E-state index contributed by atoms with van der Waals surface area (Å²) in [6.45, 7) is 12.0. The van der Waals surface area contributed by atoms with Crippen molar-refractivity contribution in [3.8, 4) is 0 Å². The third-order valence-corrected chi connectivity index (χ3v) is 6.57. The van der Waals surface area contributed by atoms with E-state index in [0.29, 0.717) is 19.1 Å². The number of benzene rings is 1. The van der Waals surface area contributed by atoms with Crippen LogP contribution in [0.2, 0.25) is 0 Å². The Bertz CT molecular complexity index is 698. The lowest BCUT2D eigenvalue weighted by Crippen LogP contribution is -2.54. The van der Waals surface area contributed by atoms with Gasteiger partial charge in [-0.05, 0) is 39.2 Å². The first-order valence-corrected chi connectivity index (χ1v) is 12.3. The molecule has 0 bridgehead atoms. The van der Waals surface area contributed by atoms with Crippen LogP contribution in [-0.4, -0.2) is 79.6 Å². The predicted molar refractivity (Wildman–Crippen MR) is 131 cm³/mol. The van der Waals surface area contributed by atoms with Crippen molar-refractivity contribution in [2.24, 2.45) is 4.99 Å². The molecule has 1 saturated heterocycles. The fourth-order valence-corrected chi connectivity index (χ4v) is 4.84. The lowest BCUT2D eigenvalue weighted by molar-refractivity contribution is -0.0180. The molecule has 1 heterocycles. The summed E-state index contributed by atoms with van der Waals surface area (Å²) in [6.07, 6.45) is 4.81. The molecule has 0 spiro atoms. The molecule has 180 valence electrons. The number of morpholine rings is 1. The summed E-state index contributed by atoms with van der Waals surface area (Å²) in [6, 6.07) is 10.9. The van der Waals surface area contributed by atoms with Gasteiger partial charge in [-0.2, -0.15) is 0 Å². The first kappa shape index (κ1) is 25.0. The van der Waals surface area contributed by atoms with E-state index in [4.69, 9.17) is 9.73 Å². The molecule has 7 nitrogen and oxygen atoms in total. The summed E-state index contributed by atoms with van der Waals surface area (Å²) in [5.41, 5.74) is 0.505. The van der Waals surface area contributed by atoms with Crippen molar-refractivity contribution in [3.05, 3.63) is 35.9 Å². The Morgan fingerprint density at radius 3 is 2.53 bits per heavy atom. The van der Waals surface area contributed by atoms with E-state index in [1.54, 1.807) is 0 Å². The Hall–Kier alpha value is -1.67. The molecule has 0 aromatic heterocycles. The van der Waals surface area contributed by atoms with Gasteiger partial charge in [0.15, 0.2) is 5.96 Å². The lowest BCUT2D eigenvalue weighted by atomic mass is 9.94. The van der Waals surface area contributed by atoms with Crippen LogP contribution in [-0.2, 0) is 4.74 Å². The third kappa shape index (κ3) is 7.73. The third-order valence-electron chi connectivity index (χ3n) is 6.57. The highest BCUT2D eigenvalue weighted by molar-refractivity contribution is 5.79. The number of guanidine groups is 1. The van der Waals surface area contributed by atoms with Crippen LogP contribution < -0.4 is 16.0 Å². The molecule has 1 aliphatic heterocycles. The van der Waals surface area contributed by atoms with Crippen molar-refractivity contribution in [2.75, 3.05) is 52.5 Å². The van der Waals surface area contributed by atoms with Gasteiger partial charge in [-0.25, -0.2) is 0 Å². The van der Waals surface area contributed by atoms with Gasteiger partial charge in [0, 0.05) is 44.3 Å². The molecule has 2 atom stereocenters. The number of aliphatic imine (C=N–C) groups is 1. The highest BCUT2D eigenvalue weighted by Crippen LogP contribution is 2.31. The smallest absolute Gasteiger partial charge is 0.191 e. The first-order valence-electron chi connectivity index (χ1n) is 12.3. The maximum atomic E-state index is 10.9. The van der Waals surface area contributed by atoms with Gasteiger partial charge >= 0.3 is 0 Å². The number of nitrogens with zero attached hydrogens (tertiary/aromatic N) is 2. The van der Waals surface area contributed by atoms with Crippen LogP contribution >= 0.6 is 0 Å². The second kappa shape index (κ2) is 12.0. The van der Waals surface area contributed by atoms with E-state index in [2.05, 4.69) is 65.0 Å². The molecule has 2 unspecified atom stereocenters. The Balaban J connectivity index is 1.58. The van der Waals surface area contributed by atoms with Gasteiger partial charge in [-0.15, -0.1) is 0 Å². The van der Waals surface area contributed by atoms with E-state index in [9.17, 15) is 5.11 Å². The zero-order valence-corrected chi connectivity index (χ0v) is 20.2. The first-order chi connectivity index (χ1) is 15.4. The number of β-amino-alcohol motifs (C(OH)–C–C–N with tert-alkyl or cyclic N) is 1. The summed E-state index contributed by atoms with van der Waals surface area (Å²) in [5.74, 6) is 0.773. The maximum absolute atomic E-state index is 10.9. The van der Waals surface area contributed by atoms with E-state index in [1.165, 1.54) is 18.4 Å². The second-order valence-corrected chi connectivity index (χ2v) is 9.70. The normalized spacial score (nSPS) is 22.3. The Morgan fingerprint density at radius 2 is 1.88 bits per heavy atom. The summed E-state index contributed by atoms with van der Waals surface area (Å²) >= 11 is 0. The topological polar surface area (TPSA) is 81.2 Å². The van der Waals surface area contributed by atoms with Gasteiger partial charge in [0.25, 0.3) is 0 Å². The van der Waals surface area contributed by atoms with Gasteiger partial charge in [-0.1, -0.05) is 43.2 Å². The molecule has 1 saturated carbocycles. The summed E-state index contributed by atoms with van der Waals surface area (Å²) < 4.78 is 5.41. The number of nitrogens with one attached hydrogen (secondary N) is 3. The number of rotatable bonds is 10. The van der Waals surface area contributed by atoms with Crippen molar-refractivity contribution < 1.29 is 9.84 Å². The number of ether oxygens (including phenoxy) is 1. The molecule has 2 aliphatic rings. The van der Waals surface area contributed by atoms with E-state index in [-0.39, 0.29) is 5.54 Å². The molecular weight excluding hydrogens is 402 g/mol. The molecule has 3 rings (SSSR count). The predicted octanol–water partition coefficient (Wildman–Crippen LogP) is 2.29. The summed E-state index contributed by atoms with van der Waals surface area (Å²) in [5, 5.41) is 21.7. The standard InChI is InChI=1S/C25H43N5O2/c1-4-26-23(27-18-24(3,31)20-30-14-16-32-17-15-30)28-19-25(12-8-9-13-25)29-21(2)22-10-6-5-7-11-22/h5-7,10-11,21,29,31H,4,8-9,12-20H2,1-3H3,(H2,26,27,28).